The number of hydrogen-bond acceptors (Lipinski definition) is 6. The average Bonchev–Trinajstić information content (AvgIpc) is 2.54. The molecule has 0 aliphatic carbocycles. The molecular formula is C16H23FN6. The van der Waals surface area contributed by atoms with Crippen LogP contribution in [0.15, 0.2) is 24.3 Å². The van der Waals surface area contributed by atoms with Crippen molar-refractivity contribution >= 4 is 17.8 Å². The van der Waals surface area contributed by atoms with Crippen LogP contribution in [0.25, 0.3) is 0 Å². The summed E-state index contributed by atoms with van der Waals surface area (Å²) in [4.78, 5) is 14.8. The predicted molar refractivity (Wildman–Crippen MR) is 90.8 cm³/mol. The van der Waals surface area contributed by atoms with Gasteiger partial charge >= 0.3 is 0 Å². The first-order valence-corrected chi connectivity index (χ1v) is 7.87. The average molecular weight is 318 g/mol. The van der Waals surface area contributed by atoms with E-state index in [1.165, 1.54) is 12.1 Å². The summed E-state index contributed by atoms with van der Waals surface area (Å²) in [6.07, 6.45) is 1.90. The van der Waals surface area contributed by atoms with Gasteiger partial charge in [0.2, 0.25) is 17.8 Å². The van der Waals surface area contributed by atoms with Gasteiger partial charge in [0.05, 0.1) is 0 Å². The number of anilines is 3. The molecular weight excluding hydrogens is 295 g/mol. The van der Waals surface area contributed by atoms with Crippen LogP contribution in [0.2, 0.25) is 0 Å². The Balaban J connectivity index is 2.22. The molecule has 1 aromatic heterocycles. The lowest BCUT2D eigenvalue weighted by Crippen LogP contribution is -2.26. The predicted octanol–water partition coefficient (Wildman–Crippen LogP) is 2.83. The SMILES string of the molecule is CCCNc1nc(N)nc(N(CCC)Cc2ccc(F)cc2)n1. The highest BCUT2D eigenvalue weighted by Crippen LogP contribution is 2.16. The largest absolute Gasteiger partial charge is 0.368 e. The molecule has 0 unspecified atom stereocenters. The summed E-state index contributed by atoms with van der Waals surface area (Å²) < 4.78 is 13.0. The summed E-state index contributed by atoms with van der Waals surface area (Å²) >= 11 is 0. The Labute approximate surface area is 136 Å². The standard InChI is InChI=1S/C16H23FN6/c1-3-9-19-15-20-14(18)21-16(22-15)23(10-4-2)11-12-5-7-13(17)8-6-12/h5-8H,3-4,9-11H2,1-2H3,(H3,18,19,20,21,22). The second kappa shape index (κ2) is 8.26. The number of hydrogen-bond donors (Lipinski definition) is 2. The van der Waals surface area contributed by atoms with Crippen molar-refractivity contribution in [3.8, 4) is 0 Å². The quantitative estimate of drug-likeness (QED) is 0.779. The molecule has 0 aliphatic rings. The van der Waals surface area contributed by atoms with E-state index in [4.69, 9.17) is 5.73 Å². The minimum absolute atomic E-state index is 0.189. The number of nitrogens with zero attached hydrogens (tertiary/aromatic N) is 4. The fourth-order valence-electron chi connectivity index (χ4n) is 2.17. The van der Waals surface area contributed by atoms with Crippen molar-refractivity contribution in [2.75, 3.05) is 29.0 Å². The topological polar surface area (TPSA) is 80.0 Å². The Kier molecular flexibility index (Phi) is 6.08. The zero-order valence-electron chi connectivity index (χ0n) is 13.6. The van der Waals surface area contributed by atoms with Crippen molar-refractivity contribution in [3.63, 3.8) is 0 Å². The number of rotatable bonds is 8. The third-order valence-corrected chi connectivity index (χ3v) is 3.24. The van der Waals surface area contributed by atoms with Crippen molar-refractivity contribution in [2.24, 2.45) is 0 Å². The highest BCUT2D eigenvalue weighted by atomic mass is 19.1. The molecule has 2 rings (SSSR count). The maximum Gasteiger partial charge on any atom is 0.232 e. The van der Waals surface area contributed by atoms with Gasteiger partial charge < -0.3 is 16.0 Å². The number of halogens is 1. The minimum atomic E-state index is -0.244. The normalized spacial score (nSPS) is 10.6. The van der Waals surface area contributed by atoms with Crippen molar-refractivity contribution < 1.29 is 4.39 Å². The molecule has 0 saturated carbocycles. The molecule has 0 fully saturated rings. The summed E-state index contributed by atoms with van der Waals surface area (Å²) in [5.41, 5.74) is 6.79. The van der Waals surface area contributed by atoms with E-state index in [1.54, 1.807) is 12.1 Å². The maximum absolute atomic E-state index is 13.0. The van der Waals surface area contributed by atoms with Gasteiger partial charge in [0.1, 0.15) is 5.82 Å². The van der Waals surface area contributed by atoms with E-state index in [2.05, 4.69) is 34.1 Å². The molecule has 0 amide bonds. The minimum Gasteiger partial charge on any atom is -0.368 e. The molecule has 0 spiro atoms. The van der Waals surface area contributed by atoms with E-state index in [0.29, 0.717) is 18.4 Å². The lowest BCUT2D eigenvalue weighted by molar-refractivity contribution is 0.626. The number of aromatic nitrogens is 3. The molecule has 1 aromatic carbocycles. The Hall–Kier alpha value is -2.44. The molecule has 0 bridgehead atoms. The summed E-state index contributed by atoms with van der Waals surface area (Å²) in [5.74, 6) is 0.955. The van der Waals surface area contributed by atoms with Crippen LogP contribution in [0, 0.1) is 5.82 Å². The molecule has 0 radical (unpaired) electrons. The molecule has 124 valence electrons. The smallest absolute Gasteiger partial charge is 0.232 e. The zero-order chi connectivity index (χ0) is 16.7. The van der Waals surface area contributed by atoms with Crippen LogP contribution in [0.1, 0.15) is 32.3 Å². The van der Waals surface area contributed by atoms with Gasteiger partial charge in [0.15, 0.2) is 0 Å². The molecule has 6 nitrogen and oxygen atoms in total. The monoisotopic (exact) mass is 318 g/mol. The molecule has 2 aromatic rings. The second-order valence-corrected chi connectivity index (χ2v) is 5.29. The molecule has 0 saturated heterocycles. The van der Waals surface area contributed by atoms with Gasteiger partial charge in [-0.3, -0.25) is 0 Å². The van der Waals surface area contributed by atoms with Gasteiger partial charge in [-0.25, -0.2) is 4.39 Å². The van der Waals surface area contributed by atoms with E-state index >= 15 is 0 Å². The van der Waals surface area contributed by atoms with E-state index < -0.39 is 0 Å². The van der Waals surface area contributed by atoms with Crippen LogP contribution in [0.3, 0.4) is 0 Å². The molecule has 1 heterocycles. The number of nitrogen functional groups attached to an aromatic ring is 1. The Bertz CT molecular complexity index is 616. The van der Waals surface area contributed by atoms with Crippen LogP contribution >= 0.6 is 0 Å². The third-order valence-electron chi connectivity index (χ3n) is 3.24. The summed E-state index contributed by atoms with van der Waals surface area (Å²) in [6.45, 7) is 6.28. The first-order valence-electron chi connectivity index (χ1n) is 7.87. The first kappa shape index (κ1) is 16.9. The van der Waals surface area contributed by atoms with Gasteiger partial charge in [0.25, 0.3) is 0 Å². The van der Waals surface area contributed by atoms with Crippen molar-refractivity contribution in [3.05, 3.63) is 35.6 Å². The van der Waals surface area contributed by atoms with Crippen LogP contribution in [0.5, 0.6) is 0 Å². The van der Waals surface area contributed by atoms with Crippen LogP contribution in [0.4, 0.5) is 22.2 Å². The summed E-state index contributed by atoms with van der Waals surface area (Å²) in [7, 11) is 0. The summed E-state index contributed by atoms with van der Waals surface area (Å²) in [5, 5.41) is 3.13. The van der Waals surface area contributed by atoms with Crippen LogP contribution < -0.4 is 16.0 Å². The number of benzene rings is 1. The Morgan fingerprint density at radius 1 is 1.09 bits per heavy atom. The highest BCUT2D eigenvalue weighted by Gasteiger charge is 2.13. The van der Waals surface area contributed by atoms with E-state index in [9.17, 15) is 4.39 Å². The van der Waals surface area contributed by atoms with Gasteiger partial charge in [-0.2, -0.15) is 15.0 Å². The van der Waals surface area contributed by atoms with Gasteiger partial charge in [-0.15, -0.1) is 0 Å². The van der Waals surface area contributed by atoms with Crippen molar-refractivity contribution in [2.45, 2.75) is 33.2 Å². The van der Waals surface area contributed by atoms with E-state index in [-0.39, 0.29) is 11.8 Å². The Morgan fingerprint density at radius 2 is 1.83 bits per heavy atom. The molecule has 0 atom stereocenters. The first-order chi connectivity index (χ1) is 11.1. The van der Waals surface area contributed by atoms with Crippen molar-refractivity contribution in [1.29, 1.82) is 0 Å². The molecule has 0 aliphatic heterocycles. The fourth-order valence-corrected chi connectivity index (χ4v) is 2.17. The van der Waals surface area contributed by atoms with E-state index in [1.807, 2.05) is 4.90 Å². The number of nitrogens with two attached hydrogens (primary N) is 1. The molecule has 23 heavy (non-hydrogen) atoms. The third kappa shape index (κ3) is 5.05. The van der Waals surface area contributed by atoms with Gasteiger partial charge in [-0.1, -0.05) is 26.0 Å². The summed E-state index contributed by atoms with van der Waals surface area (Å²) in [6, 6.07) is 6.43. The number of nitrogens with one attached hydrogen (secondary N) is 1. The van der Waals surface area contributed by atoms with Crippen molar-refractivity contribution in [1.82, 2.24) is 15.0 Å². The maximum atomic E-state index is 13.0. The molecule has 3 N–H and O–H groups in total. The fraction of sp³-hybridized carbons (Fsp3) is 0.438. The van der Waals surface area contributed by atoms with Gasteiger partial charge in [0, 0.05) is 19.6 Å². The van der Waals surface area contributed by atoms with Crippen LogP contribution in [-0.4, -0.2) is 28.0 Å². The van der Waals surface area contributed by atoms with Crippen LogP contribution in [-0.2, 0) is 6.54 Å². The lowest BCUT2D eigenvalue weighted by atomic mass is 10.2. The Morgan fingerprint density at radius 3 is 2.48 bits per heavy atom. The zero-order valence-corrected chi connectivity index (χ0v) is 13.6. The molecule has 7 heteroatoms. The van der Waals surface area contributed by atoms with Gasteiger partial charge in [-0.05, 0) is 30.5 Å². The van der Waals surface area contributed by atoms with E-state index in [0.717, 1.165) is 31.5 Å². The lowest BCUT2D eigenvalue weighted by Gasteiger charge is -2.22. The second-order valence-electron chi connectivity index (χ2n) is 5.29. The highest BCUT2D eigenvalue weighted by molar-refractivity contribution is 5.42.